The third kappa shape index (κ3) is 3.24. The Balaban J connectivity index is 2.00. The summed E-state index contributed by atoms with van der Waals surface area (Å²) in [7, 11) is 0. The molecular formula is C17H12ClF3N2. The Kier molecular flexibility index (Phi) is 4.13. The number of aromatic amines is 1. The van der Waals surface area contributed by atoms with Crippen molar-refractivity contribution in [2.45, 2.75) is 12.1 Å². The molecule has 0 amide bonds. The van der Waals surface area contributed by atoms with E-state index < -0.39 is 11.7 Å². The summed E-state index contributed by atoms with van der Waals surface area (Å²) in [5.41, 5.74) is 2.22. The third-order valence-corrected chi connectivity index (χ3v) is 3.71. The fraction of sp³-hybridized carbons (Fsp3) is 0.118. The van der Waals surface area contributed by atoms with Gasteiger partial charge in [0.2, 0.25) is 0 Å². The minimum Gasteiger partial charge on any atom is -0.340 e. The molecule has 0 aliphatic carbocycles. The first-order chi connectivity index (χ1) is 11.0. The molecule has 0 saturated heterocycles. The molecule has 23 heavy (non-hydrogen) atoms. The van der Waals surface area contributed by atoms with Crippen molar-refractivity contribution in [1.82, 2.24) is 9.97 Å². The Labute approximate surface area is 136 Å². The highest BCUT2D eigenvalue weighted by molar-refractivity contribution is 6.17. The Morgan fingerprint density at radius 3 is 2.13 bits per heavy atom. The van der Waals surface area contributed by atoms with Crippen LogP contribution in [-0.4, -0.2) is 9.97 Å². The average Bonchev–Trinajstić information content (AvgIpc) is 2.99. The molecule has 3 aromatic rings. The molecule has 1 N–H and O–H groups in total. The van der Waals surface area contributed by atoms with Crippen LogP contribution in [0.25, 0.3) is 22.6 Å². The summed E-state index contributed by atoms with van der Waals surface area (Å²) in [5.74, 6) is 0.728. The fourth-order valence-corrected chi connectivity index (χ4v) is 2.49. The van der Waals surface area contributed by atoms with Crippen molar-refractivity contribution in [1.29, 1.82) is 0 Å². The molecule has 0 aliphatic rings. The highest BCUT2D eigenvalue weighted by Crippen LogP contribution is 2.31. The Morgan fingerprint density at radius 1 is 0.913 bits per heavy atom. The van der Waals surface area contributed by atoms with E-state index in [1.54, 1.807) is 0 Å². The van der Waals surface area contributed by atoms with E-state index in [4.69, 9.17) is 11.6 Å². The second-order valence-corrected chi connectivity index (χ2v) is 5.25. The highest BCUT2D eigenvalue weighted by Gasteiger charge is 2.30. The van der Waals surface area contributed by atoms with Crippen LogP contribution < -0.4 is 0 Å². The predicted molar refractivity (Wildman–Crippen MR) is 84.0 cm³/mol. The standard InChI is InChI=1S/C17H12ClF3N2/c18-10-14-15(11-4-2-1-3-5-11)23-16(22-14)12-6-8-13(9-7-12)17(19,20)21/h1-9H,10H2,(H,22,23). The molecule has 0 fully saturated rings. The van der Waals surface area contributed by atoms with Gasteiger partial charge in [0, 0.05) is 11.1 Å². The molecule has 118 valence electrons. The summed E-state index contributed by atoms with van der Waals surface area (Å²) in [4.78, 5) is 7.57. The molecule has 1 heterocycles. The summed E-state index contributed by atoms with van der Waals surface area (Å²) >= 11 is 5.95. The normalized spacial score (nSPS) is 11.7. The molecule has 2 nitrogen and oxygen atoms in total. The second-order valence-electron chi connectivity index (χ2n) is 4.99. The molecule has 0 aliphatic heterocycles. The van der Waals surface area contributed by atoms with Gasteiger partial charge in [0.1, 0.15) is 5.82 Å². The largest absolute Gasteiger partial charge is 0.416 e. The lowest BCUT2D eigenvalue weighted by Gasteiger charge is -2.06. The maximum absolute atomic E-state index is 12.6. The summed E-state index contributed by atoms with van der Waals surface area (Å²) in [6.07, 6.45) is -4.35. The number of rotatable bonds is 3. The third-order valence-electron chi connectivity index (χ3n) is 3.45. The predicted octanol–water partition coefficient (Wildman–Crippen LogP) is 5.50. The number of imidazole rings is 1. The van der Waals surface area contributed by atoms with Crippen molar-refractivity contribution < 1.29 is 13.2 Å². The summed E-state index contributed by atoms with van der Waals surface area (Å²) in [6, 6.07) is 14.4. The second kappa shape index (κ2) is 6.08. The van der Waals surface area contributed by atoms with E-state index >= 15 is 0 Å². The number of nitrogens with zero attached hydrogens (tertiary/aromatic N) is 1. The molecule has 0 unspecified atom stereocenters. The fourth-order valence-electron chi connectivity index (χ4n) is 2.29. The van der Waals surface area contributed by atoms with Gasteiger partial charge in [-0.25, -0.2) is 4.98 Å². The zero-order valence-electron chi connectivity index (χ0n) is 11.9. The van der Waals surface area contributed by atoms with Gasteiger partial charge in [-0.3, -0.25) is 0 Å². The summed E-state index contributed by atoms with van der Waals surface area (Å²) < 4.78 is 37.9. The van der Waals surface area contributed by atoms with Gasteiger partial charge >= 0.3 is 6.18 Å². The lowest BCUT2D eigenvalue weighted by atomic mass is 10.1. The van der Waals surface area contributed by atoms with Crippen LogP contribution >= 0.6 is 11.6 Å². The van der Waals surface area contributed by atoms with Crippen LogP contribution in [0.3, 0.4) is 0 Å². The lowest BCUT2D eigenvalue weighted by Crippen LogP contribution is -2.04. The van der Waals surface area contributed by atoms with Crippen LogP contribution in [0.15, 0.2) is 54.6 Å². The molecule has 1 aromatic heterocycles. The van der Waals surface area contributed by atoms with E-state index in [1.165, 1.54) is 12.1 Å². The monoisotopic (exact) mass is 336 g/mol. The van der Waals surface area contributed by atoms with Crippen LogP contribution in [-0.2, 0) is 12.1 Å². The molecule has 0 atom stereocenters. The molecule has 6 heteroatoms. The van der Waals surface area contributed by atoms with Crippen LogP contribution in [0.5, 0.6) is 0 Å². The molecular weight excluding hydrogens is 325 g/mol. The zero-order chi connectivity index (χ0) is 16.4. The highest BCUT2D eigenvalue weighted by atomic mass is 35.5. The number of halogens is 4. The molecule has 0 radical (unpaired) electrons. The number of benzene rings is 2. The van der Waals surface area contributed by atoms with Crippen LogP contribution in [0.1, 0.15) is 11.3 Å². The minimum atomic E-state index is -4.35. The van der Waals surface area contributed by atoms with E-state index in [2.05, 4.69) is 9.97 Å². The van der Waals surface area contributed by atoms with Crippen LogP contribution in [0.2, 0.25) is 0 Å². The summed E-state index contributed by atoms with van der Waals surface area (Å²) in [5, 5.41) is 0. The van der Waals surface area contributed by atoms with E-state index in [0.29, 0.717) is 17.1 Å². The summed E-state index contributed by atoms with van der Waals surface area (Å²) in [6.45, 7) is 0. The molecule has 0 spiro atoms. The van der Waals surface area contributed by atoms with Gasteiger partial charge < -0.3 is 4.98 Å². The quantitative estimate of drug-likeness (QED) is 0.628. The minimum absolute atomic E-state index is 0.234. The van der Waals surface area contributed by atoms with Gasteiger partial charge in [-0.05, 0) is 12.1 Å². The first-order valence-electron chi connectivity index (χ1n) is 6.87. The number of aromatic nitrogens is 2. The SMILES string of the molecule is FC(F)(F)c1ccc(-c2nc(-c3ccccc3)c(CCl)[nH]2)cc1. The van der Waals surface area contributed by atoms with Gasteiger partial charge in [-0.2, -0.15) is 13.2 Å². The van der Waals surface area contributed by atoms with E-state index in [9.17, 15) is 13.2 Å². The average molecular weight is 337 g/mol. The zero-order valence-corrected chi connectivity index (χ0v) is 12.6. The molecule has 0 bridgehead atoms. The van der Waals surface area contributed by atoms with Crippen molar-refractivity contribution in [2.75, 3.05) is 0 Å². The van der Waals surface area contributed by atoms with E-state index in [-0.39, 0.29) is 5.88 Å². The lowest BCUT2D eigenvalue weighted by molar-refractivity contribution is -0.137. The van der Waals surface area contributed by atoms with Gasteiger partial charge in [0.25, 0.3) is 0 Å². The van der Waals surface area contributed by atoms with Crippen LogP contribution in [0, 0.1) is 0 Å². The van der Waals surface area contributed by atoms with Gasteiger partial charge in [0.15, 0.2) is 0 Å². The Morgan fingerprint density at radius 2 is 1.57 bits per heavy atom. The van der Waals surface area contributed by atoms with E-state index in [0.717, 1.165) is 23.4 Å². The number of hydrogen-bond acceptors (Lipinski definition) is 1. The van der Waals surface area contributed by atoms with Crippen molar-refractivity contribution in [3.8, 4) is 22.6 Å². The molecule has 0 saturated carbocycles. The number of nitrogens with one attached hydrogen (secondary N) is 1. The topological polar surface area (TPSA) is 28.7 Å². The number of alkyl halides is 4. The number of hydrogen-bond donors (Lipinski definition) is 1. The van der Waals surface area contributed by atoms with Gasteiger partial charge in [0.05, 0.1) is 22.8 Å². The smallest absolute Gasteiger partial charge is 0.340 e. The molecule has 2 aromatic carbocycles. The first-order valence-corrected chi connectivity index (χ1v) is 7.40. The molecule has 3 rings (SSSR count). The van der Waals surface area contributed by atoms with Crippen molar-refractivity contribution in [2.24, 2.45) is 0 Å². The van der Waals surface area contributed by atoms with Crippen molar-refractivity contribution in [3.05, 3.63) is 65.9 Å². The van der Waals surface area contributed by atoms with Gasteiger partial charge in [-0.15, -0.1) is 11.6 Å². The number of H-pyrrole nitrogens is 1. The van der Waals surface area contributed by atoms with Crippen molar-refractivity contribution in [3.63, 3.8) is 0 Å². The van der Waals surface area contributed by atoms with Gasteiger partial charge in [-0.1, -0.05) is 42.5 Å². The Bertz CT molecular complexity index is 793. The maximum Gasteiger partial charge on any atom is 0.416 e. The Hall–Kier alpha value is -2.27. The first kappa shape index (κ1) is 15.6. The maximum atomic E-state index is 12.6. The van der Waals surface area contributed by atoms with E-state index in [1.807, 2.05) is 30.3 Å². The van der Waals surface area contributed by atoms with Crippen molar-refractivity contribution >= 4 is 11.6 Å². The van der Waals surface area contributed by atoms with Crippen LogP contribution in [0.4, 0.5) is 13.2 Å².